The molecule has 0 spiro atoms. The van der Waals surface area contributed by atoms with E-state index in [1.807, 2.05) is 4.90 Å². The lowest BCUT2D eigenvalue weighted by Crippen LogP contribution is -2.35. The minimum Gasteiger partial charge on any atom is -0.343 e. The number of carbonyl (C=O) groups is 2. The molecular formula is C11H21N3O2. The Balaban J connectivity index is 2.26. The third-order valence-electron chi connectivity index (χ3n) is 2.91. The van der Waals surface area contributed by atoms with Gasteiger partial charge in [0, 0.05) is 25.9 Å². The minimum absolute atomic E-state index is 0.167. The van der Waals surface area contributed by atoms with Crippen molar-refractivity contribution in [3.05, 3.63) is 0 Å². The number of nitrogens with one attached hydrogen (secondary N) is 1. The van der Waals surface area contributed by atoms with Crippen LogP contribution in [0.25, 0.3) is 0 Å². The lowest BCUT2D eigenvalue weighted by Gasteiger charge is -2.24. The van der Waals surface area contributed by atoms with Crippen LogP contribution in [-0.2, 0) is 9.59 Å². The molecule has 0 radical (unpaired) electrons. The van der Waals surface area contributed by atoms with Gasteiger partial charge in [-0.3, -0.25) is 15.0 Å². The van der Waals surface area contributed by atoms with Gasteiger partial charge in [0.25, 0.3) is 0 Å². The van der Waals surface area contributed by atoms with Crippen LogP contribution < -0.4 is 11.3 Å². The number of nitrogens with two attached hydrogens (primary N) is 1. The van der Waals surface area contributed by atoms with E-state index in [0.29, 0.717) is 25.8 Å². The number of nitrogens with zero attached hydrogens (tertiary/aromatic N) is 1. The Hall–Kier alpha value is -1.10. The molecule has 1 rings (SSSR count). The lowest BCUT2D eigenvalue weighted by atomic mass is 10.1. The van der Waals surface area contributed by atoms with Gasteiger partial charge in [-0.25, -0.2) is 5.84 Å². The van der Waals surface area contributed by atoms with E-state index >= 15 is 0 Å². The highest BCUT2D eigenvalue weighted by molar-refractivity contribution is 5.77. The van der Waals surface area contributed by atoms with Crippen LogP contribution in [0.5, 0.6) is 0 Å². The summed E-state index contributed by atoms with van der Waals surface area (Å²) in [7, 11) is 0. The molecule has 0 bridgehead atoms. The van der Waals surface area contributed by atoms with Gasteiger partial charge in [-0.15, -0.1) is 0 Å². The summed E-state index contributed by atoms with van der Waals surface area (Å²) in [6.07, 6.45) is 6.17. The Morgan fingerprint density at radius 2 is 2.06 bits per heavy atom. The first kappa shape index (κ1) is 13.0. The number of hydrogen-bond acceptors (Lipinski definition) is 3. The second-order valence-corrected chi connectivity index (χ2v) is 4.22. The second kappa shape index (κ2) is 7.22. The van der Waals surface area contributed by atoms with E-state index in [9.17, 15) is 9.59 Å². The van der Waals surface area contributed by atoms with E-state index < -0.39 is 0 Å². The SMILES string of the molecule is NNC(=O)CCCN1CCCCCCC1=O. The summed E-state index contributed by atoms with van der Waals surface area (Å²) in [5.41, 5.74) is 2.09. The van der Waals surface area contributed by atoms with Crippen molar-refractivity contribution in [1.29, 1.82) is 0 Å². The predicted octanol–water partition coefficient (Wildman–Crippen LogP) is 0.549. The van der Waals surface area contributed by atoms with E-state index in [4.69, 9.17) is 5.84 Å². The standard InChI is InChI=1S/C11H21N3O2/c12-13-10(15)6-5-9-14-8-4-2-1-3-7-11(14)16/h1-9,12H2,(H,13,15). The van der Waals surface area contributed by atoms with Crippen LogP contribution >= 0.6 is 0 Å². The van der Waals surface area contributed by atoms with Crippen LogP contribution in [0.2, 0.25) is 0 Å². The van der Waals surface area contributed by atoms with Gasteiger partial charge >= 0.3 is 0 Å². The summed E-state index contributed by atoms with van der Waals surface area (Å²) >= 11 is 0. The number of carbonyl (C=O) groups excluding carboxylic acids is 2. The van der Waals surface area contributed by atoms with Crippen molar-refractivity contribution in [1.82, 2.24) is 10.3 Å². The normalized spacial score (nSPS) is 17.8. The predicted molar refractivity (Wildman–Crippen MR) is 61.2 cm³/mol. The Labute approximate surface area is 96.3 Å². The van der Waals surface area contributed by atoms with Crippen molar-refractivity contribution in [2.24, 2.45) is 5.84 Å². The molecule has 0 aromatic rings. The summed E-state index contributed by atoms with van der Waals surface area (Å²) in [6, 6.07) is 0. The third-order valence-corrected chi connectivity index (χ3v) is 2.91. The Morgan fingerprint density at radius 3 is 2.81 bits per heavy atom. The van der Waals surface area contributed by atoms with Gasteiger partial charge in [-0.05, 0) is 19.3 Å². The number of hydrazine groups is 1. The highest BCUT2D eigenvalue weighted by Gasteiger charge is 2.15. The van der Waals surface area contributed by atoms with Crippen molar-refractivity contribution in [3.8, 4) is 0 Å². The zero-order chi connectivity index (χ0) is 11.8. The van der Waals surface area contributed by atoms with E-state index in [-0.39, 0.29) is 11.8 Å². The van der Waals surface area contributed by atoms with Crippen LogP contribution in [0.4, 0.5) is 0 Å². The molecule has 1 aliphatic rings. The molecule has 16 heavy (non-hydrogen) atoms. The molecular weight excluding hydrogens is 206 g/mol. The molecule has 1 heterocycles. The number of hydrogen-bond donors (Lipinski definition) is 2. The third kappa shape index (κ3) is 4.61. The molecule has 2 amide bonds. The van der Waals surface area contributed by atoms with E-state index in [1.165, 1.54) is 6.42 Å². The summed E-state index contributed by atoms with van der Waals surface area (Å²) < 4.78 is 0. The minimum atomic E-state index is -0.167. The van der Waals surface area contributed by atoms with Gasteiger partial charge < -0.3 is 4.90 Å². The van der Waals surface area contributed by atoms with Gasteiger partial charge in [0.05, 0.1) is 0 Å². The summed E-state index contributed by atoms with van der Waals surface area (Å²) in [4.78, 5) is 24.5. The molecule has 3 N–H and O–H groups in total. The first-order chi connectivity index (χ1) is 7.74. The van der Waals surface area contributed by atoms with Gasteiger partial charge in [0.15, 0.2) is 0 Å². The molecule has 0 saturated carbocycles. The monoisotopic (exact) mass is 227 g/mol. The van der Waals surface area contributed by atoms with E-state index in [0.717, 1.165) is 25.8 Å². The zero-order valence-corrected chi connectivity index (χ0v) is 9.71. The molecule has 0 aromatic carbocycles. The second-order valence-electron chi connectivity index (χ2n) is 4.22. The Morgan fingerprint density at radius 1 is 1.31 bits per heavy atom. The van der Waals surface area contributed by atoms with Crippen molar-refractivity contribution in [3.63, 3.8) is 0 Å². The Kier molecular flexibility index (Phi) is 5.85. The maximum absolute atomic E-state index is 11.7. The highest BCUT2D eigenvalue weighted by atomic mass is 16.2. The smallest absolute Gasteiger partial charge is 0.233 e. The molecule has 5 heteroatoms. The van der Waals surface area contributed by atoms with Crippen LogP contribution in [0.15, 0.2) is 0 Å². The molecule has 0 aliphatic carbocycles. The summed E-state index contributed by atoms with van der Waals surface area (Å²) in [5, 5.41) is 0. The van der Waals surface area contributed by atoms with Crippen molar-refractivity contribution in [2.45, 2.75) is 44.9 Å². The highest BCUT2D eigenvalue weighted by Crippen LogP contribution is 2.12. The molecule has 92 valence electrons. The van der Waals surface area contributed by atoms with Crippen LogP contribution in [0.1, 0.15) is 44.9 Å². The largest absolute Gasteiger partial charge is 0.343 e. The summed E-state index contributed by atoms with van der Waals surface area (Å²) in [6.45, 7) is 1.51. The Bertz CT molecular complexity index is 243. The fraction of sp³-hybridized carbons (Fsp3) is 0.818. The quantitative estimate of drug-likeness (QED) is 0.418. The fourth-order valence-electron chi connectivity index (χ4n) is 1.95. The molecule has 5 nitrogen and oxygen atoms in total. The number of amides is 2. The average molecular weight is 227 g/mol. The molecule has 0 aromatic heterocycles. The van der Waals surface area contributed by atoms with Crippen molar-refractivity contribution in [2.75, 3.05) is 13.1 Å². The molecule has 0 atom stereocenters. The van der Waals surface area contributed by atoms with Crippen LogP contribution in [0, 0.1) is 0 Å². The van der Waals surface area contributed by atoms with Gasteiger partial charge in [0.1, 0.15) is 0 Å². The number of likely N-dealkylation sites (tertiary alicyclic amines) is 1. The summed E-state index contributed by atoms with van der Waals surface area (Å²) in [5.74, 6) is 5.05. The zero-order valence-electron chi connectivity index (χ0n) is 9.71. The maximum Gasteiger partial charge on any atom is 0.233 e. The van der Waals surface area contributed by atoms with Crippen molar-refractivity contribution < 1.29 is 9.59 Å². The van der Waals surface area contributed by atoms with Crippen LogP contribution in [-0.4, -0.2) is 29.8 Å². The van der Waals surface area contributed by atoms with E-state index in [1.54, 1.807) is 0 Å². The molecule has 0 unspecified atom stereocenters. The first-order valence-electron chi connectivity index (χ1n) is 6.01. The van der Waals surface area contributed by atoms with Crippen molar-refractivity contribution >= 4 is 11.8 Å². The number of rotatable bonds is 4. The molecule has 1 fully saturated rings. The average Bonchev–Trinajstić information content (AvgIpc) is 2.27. The van der Waals surface area contributed by atoms with Crippen LogP contribution in [0.3, 0.4) is 0 Å². The van der Waals surface area contributed by atoms with E-state index in [2.05, 4.69) is 5.43 Å². The fourth-order valence-corrected chi connectivity index (χ4v) is 1.95. The van der Waals surface area contributed by atoms with Gasteiger partial charge in [0.2, 0.25) is 11.8 Å². The van der Waals surface area contributed by atoms with Gasteiger partial charge in [-0.2, -0.15) is 0 Å². The topological polar surface area (TPSA) is 75.4 Å². The maximum atomic E-state index is 11.7. The molecule has 1 saturated heterocycles. The lowest BCUT2D eigenvalue weighted by molar-refractivity contribution is -0.132. The van der Waals surface area contributed by atoms with Gasteiger partial charge in [-0.1, -0.05) is 12.8 Å². The first-order valence-corrected chi connectivity index (χ1v) is 6.01. The molecule has 1 aliphatic heterocycles.